The molecule has 8 heteroatoms. The summed E-state index contributed by atoms with van der Waals surface area (Å²) < 4.78 is 27.8. The van der Waals surface area contributed by atoms with Gasteiger partial charge in [-0.15, -0.1) is 0 Å². The van der Waals surface area contributed by atoms with Crippen LogP contribution in [0.15, 0.2) is 83.8 Å². The van der Waals surface area contributed by atoms with Gasteiger partial charge in [0, 0.05) is 30.3 Å². The Morgan fingerprint density at radius 2 is 1.58 bits per heavy atom. The van der Waals surface area contributed by atoms with E-state index in [0.717, 1.165) is 16.9 Å². The third-order valence-corrected chi connectivity index (χ3v) is 7.95. The number of piperidine rings is 1. The molecule has 1 aliphatic heterocycles. The van der Waals surface area contributed by atoms with Gasteiger partial charge in [-0.05, 0) is 61.4 Å². The second-order valence-electron chi connectivity index (χ2n) is 8.16. The van der Waals surface area contributed by atoms with E-state index in [1.807, 2.05) is 30.3 Å². The molecule has 0 spiro atoms. The number of nitrogens with one attached hydrogen (secondary N) is 2. The number of H-pyrrole nitrogens is 1. The Hall–Kier alpha value is -3.49. The fraction of sp³-hybridized carbons (Fsp3) is 0.200. The lowest BCUT2D eigenvalue weighted by molar-refractivity contribution is 0.102. The smallest absolute Gasteiger partial charge is 0.255 e. The second kappa shape index (κ2) is 8.80. The van der Waals surface area contributed by atoms with Gasteiger partial charge in [0.15, 0.2) is 0 Å². The van der Waals surface area contributed by atoms with Crippen LogP contribution in [0.25, 0.3) is 11.0 Å². The first-order valence-electron chi connectivity index (χ1n) is 10.9. The maximum absolute atomic E-state index is 13.1. The molecule has 2 heterocycles. The highest BCUT2D eigenvalue weighted by Gasteiger charge is 2.31. The van der Waals surface area contributed by atoms with Crippen LogP contribution in [0.1, 0.15) is 34.9 Å². The lowest BCUT2D eigenvalue weighted by Crippen LogP contribution is -2.38. The molecule has 2 N–H and O–H groups in total. The summed E-state index contributed by atoms with van der Waals surface area (Å²) in [5.41, 5.74) is 3.02. The summed E-state index contributed by atoms with van der Waals surface area (Å²) in [5, 5.41) is 2.79. The van der Waals surface area contributed by atoms with Gasteiger partial charge in [0.1, 0.15) is 5.82 Å². The van der Waals surface area contributed by atoms with Gasteiger partial charge in [0.05, 0.1) is 15.9 Å². The maximum Gasteiger partial charge on any atom is 0.255 e. The molecule has 7 nitrogen and oxygen atoms in total. The first kappa shape index (κ1) is 21.4. The van der Waals surface area contributed by atoms with Crippen molar-refractivity contribution >= 4 is 32.7 Å². The third-order valence-electron chi connectivity index (χ3n) is 6.03. The molecule has 3 aromatic carbocycles. The third kappa shape index (κ3) is 4.40. The average Bonchev–Trinajstić information content (AvgIpc) is 3.29. The topological polar surface area (TPSA) is 95.2 Å². The number of nitrogens with zero attached hydrogens (tertiary/aromatic N) is 2. The van der Waals surface area contributed by atoms with Crippen molar-refractivity contribution in [3.63, 3.8) is 0 Å². The average molecular weight is 461 g/mol. The van der Waals surface area contributed by atoms with Gasteiger partial charge in [0.25, 0.3) is 5.91 Å². The molecule has 1 aliphatic rings. The van der Waals surface area contributed by atoms with Crippen LogP contribution >= 0.6 is 0 Å². The van der Waals surface area contributed by atoms with E-state index in [2.05, 4.69) is 15.3 Å². The Morgan fingerprint density at radius 3 is 2.27 bits per heavy atom. The zero-order chi connectivity index (χ0) is 22.8. The zero-order valence-electron chi connectivity index (χ0n) is 17.9. The van der Waals surface area contributed by atoms with Crippen molar-refractivity contribution in [2.24, 2.45) is 0 Å². The predicted octanol–water partition coefficient (Wildman–Crippen LogP) is 4.38. The van der Waals surface area contributed by atoms with Crippen LogP contribution in [0.5, 0.6) is 0 Å². The van der Waals surface area contributed by atoms with Crippen LogP contribution in [0.3, 0.4) is 0 Å². The van der Waals surface area contributed by atoms with Gasteiger partial charge in [-0.3, -0.25) is 4.79 Å². The quantitative estimate of drug-likeness (QED) is 0.462. The first-order valence-corrected chi connectivity index (χ1v) is 12.4. The molecule has 1 amide bonds. The number of hydrogen-bond donors (Lipinski definition) is 2. The Kier molecular flexibility index (Phi) is 5.70. The van der Waals surface area contributed by atoms with Crippen LogP contribution in [-0.2, 0) is 10.0 Å². The molecule has 4 aromatic rings. The fourth-order valence-electron chi connectivity index (χ4n) is 4.19. The van der Waals surface area contributed by atoms with Crippen molar-refractivity contribution in [3.8, 4) is 0 Å². The Morgan fingerprint density at radius 1 is 0.909 bits per heavy atom. The van der Waals surface area contributed by atoms with E-state index in [0.29, 0.717) is 37.2 Å². The summed E-state index contributed by atoms with van der Waals surface area (Å²) in [7, 11) is -3.60. The van der Waals surface area contributed by atoms with E-state index >= 15 is 0 Å². The standard InChI is InChI=1S/C25H24N4O3S/c30-25(19-6-2-1-3-7-19)26-20-10-12-21(13-11-20)33(31,32)29-16-14-18(15-17-29)24-27-22-8-4-5-9-23(22)28-24/h1-13,18H,14-17H2,(H,26,30)(H,27,28). The molecule has 1 saturated heterocycles. The maximum atomic E-state index is 13.1. The summed E-state index contributed by atoms with van der Waals surface area (Å²) in [6.07, 6.45) is 1.43. The van der Waals surface area contributed by atoms with E-state index < -0.39 is 10.0 Å². The molecule has 1 fully saturated rings. The van der Waals surface area contributed by atoms with Crippen molar-refractivity contribution in [1.29, 1.82) is 0 Å². The normalized spacial score (nSPS) is 15.5. The highest BCUT2D eigenvalue weighted by molar-refractivity contribution is 7.89. The zero-order valence-corrected chi connectivity index (χ0v) is 18.8. The number of fused-ring (bicyclic) bond motifs is 1. The largest absolute Gasteiger partial charge is 0.342 e. The molecule has 0 radical (unpaired) electrons. The number of carbonyl (C=O) groups is 1. The Labute approximate surface area is 192 Å². The van der Waals surface area contributed by atoms with Gasteiger partial charge in [0.2, 0.25) is 10.0 Å². The van der Waals surface area contributed by atoms with E-state index in [9.17, 15) is 13.2 Å². The highest BCUT2D eigenvalue weighted by atomic mass is 32.2. The summed E-state index contributed by atoms with van der Waals surface area (Å²) in [4.78, 5) is 20.6. The summed E-state index contributed by atoms with van der Waals surface area (Å²) in [5.74, 6) is 0.894. The monoisotopic (exact) mass is 460 g/mol. The minimum Gasteiger partial charge on any atom is -0.342 e. The van der Waals surface area contributed by atoms with Gasteiger partial charge < -0.3 is 10.3 Å². The summed E-state index contributed by atoms with van der Waals surface area (Å²) >= 11 is 0. The molecule has 0 bridgehead atoms. The number of benzene rings is 3. The molecule has 5 rings (SSSR count). The van der Waals surface area contributed by atoms with Crippen LogP contribution in [-0.4, -0.2) is 41.7 Å². The number of rotatable bonds is 5. The van der Waals surface area contributed by atoms with Gasteiger partial charge in [-0.1, -0.05) is 30.3 Å². The molecule has 168 valence electrons. The summed E-state index contributed by atoms with van der Waals surface area (Å²) in [6, 6.07) is 23.1. The number of anilines is 1. The van der Waals surface area contributed by atoms with Crippen LogP contribution in [0.2, 0.25) is 0 Å². The van der Waals surface area contributed by atoms with Gasteiger partial charge in [-0.2, -0.15) is 4.31 Å². The predicted molar refractivity (Wildman–Crippen MR) is 128 cm³/mol. The van der Waals surface area contributed by atoms with Crippen molar-refractivity contribution in [1.82, 2.24) is 14.3 Å². The number of hydrogen-bond acceptors (Lipinski definition) is 4. The number of amides is 1. The van der Waals surface area contributed by atoms with E-state index in [1.54, 1.807) is 48.5 Å². The summed E-state index contributed by atoms with van der Waals surface area (Å²) in [6.45, 7) is 0.882. The van der Waals surface area contributed by atoms with E-state index in [1.165, 1.54) is 4.31 Å². The lowest BCUT2D eigenvalue weighted by atomic mass is 9.97. The van der Waals surface area contributed by atoms with Crippen molar-refractivity contribution in [2.75, 3.05) is 18.4 Å². The number of carbonyl (C=O) groups excluding carboxylic acids is 1. The van der Waals surface area contributed by atoms with Gasteiger partial charge in [-0.25, -0.2) is 13.4 Å². The molecule has 0 unspecified atom stereocenters. The van der Waals surface area contributed by atoms with Crippen LogP contribution < -0.4 is 5.32 Å². The Balaban J connectivity index is 1.24. The number of sulfonamides is 1. The number of aromatic amines is 1. The van der Waals surface area contributed by atoms with E-state index in [4.69, 9.17) is 0 Å². The minimum atomic E-state index is -3.60. The van der Waals surface area contributed by atoms with E-state index in [-0.39, 0.29) is 16.7 Å². The van der Waals surface area contributed by atoms with Crippen molar-refractivity contribution in [3.05, 3.63) is 90.3 Å². The molecule has 0 saturated carbocycles. The lowest BCUT2D eigenvalue weighted by Gasteiger charge is -2.30. The van der Waals surface area contributed by atoms with Crippen molar-refractivity contribution in [2.45, 2.75) is 23.7 Å². The molecular formula is C25H24N4O3S. The molecule has 0 atom stereocenters. The SMILES string of the molecule is O=C(Nc1ccc(S(=O)(=O)N2CCC(c3nc4ccccc4[nH]3)CC2)cc1)c1ccccc1. The number of imidazole rings is 1. The van der Waals surface area contributed by atoms with Crippen molar-refractivity contribution < 1.29 is 13.2 Å². The molecular weight excluding hydrogens is 436 g/mol. The van der Waals surface area contributed by atoms with Crippen LogP contribution in [0.4, 0.5) is 5.69 Å². The first-order chi connectivity index (χ1) is 16.0. The molecule has 0 aliphatic carbocycles. The Bertz CT molecular complexity index is 1340. The molecule has 1 aromatic heterocycles. The van der Waals surface area contributed by atoms with Crippen LogP contribution in [0, 0.1) is 0 Å². The minimum absolute atomic E-state index is 0.208. The number of aromatic nitrogens is 2. The highest BCUT2D eigenvalue weighted by Crippen LogP contribution is 2.30. The molecule has 33 heavy (non-hydrogen) atoms. The number of para-hydroxylation sites is 2. The van der Waals surface area contributed by atoms with Gasteiger partial charge >= 0.3 is 0 Å². The fourth-order valence-corrected chi connectivity index (χ4v) is 5.66. The second-order valence-corrected chi connectivity index (χ2v) is 10.1.